The van der Waals surface area contributed by atoms with Gasteiger partial charge in [0.05, 0.1) is 40.8 Å². The molecule has 0 radical (unpaired) electrons. The van der Waals surface area contributed by atoms with Gasteiger partial charge in [-0.25, -0.2) is 4.39 Å². The highest BCUT2D eigenvalue weighted by Crippen LogP contribution is 2.63. The standard InChI is InChI=1S/C47H36ClFN4O6/c48-29-8-6-28(7-9-29)47-39(44(56)53(46(47)58)51-33-12-10-30(49)11-13-33)24-38-36(42(47)27-22-26-23-35(54)18-21-40(26)59-25-27)19-20-37-41(38)45(57)52(43(37)55)34-16-14-32(15-17-34)50-31-4-2-1-3-5-31/h1-19,21,23,25,37-39,41-42,50-51,54H,20,22,24H2/t37-,38+,39-,41-,42-,47+/m0/s1. The van der Waals surface area contributed by atoms with Gasteiger partial charge < -0.3 is 15.2 Å². The molecule has 10 nitrogen and oxygen atoms in total. The molecule has 5 aromatic carbocycles. The molecule has 59 heavy (non-hydrogen) atoms. The molecule has 2 saturated heterocycles. The Bertz CT molecular complexity index is 2620. The first-order chi connectivity index (χ1) is 28.6. The lowest BCUT2D eigenvalue weighted by atomic mass is 9.48. The summed E-state index contributed by atoms with van der Waals surface area (Å²) < 4.78 is 20.2. The van der Waals surface area contributed by atoms with Crippen LogP contribution in [0.1, 0.15) is 24.0 Å². The number of anilines is 4. The number of imide groups is 2. The summed E-state index contributed by atoms with van der Waals surface area (Å²) in [5.41, 5.74) is 6.53. The first kappa shape index (κ1) is 36.6. The van der Waals surface area contributed by atoms with Crippen molar-refractivity contribution < 1.29 is 33.4 Å². The third kappa shape index (κ3) is 5.82. The Labute approximate surface area is 343 Å². The summed E-state index contributed by atoms with van der Waals surface area (Å²) in [5.74, 6) is -5.55. The Morgan fingerprint density at radius 3 is 2.24 bits per heavy atom. The molecule has 2 aliphatic carbocycles. The first-order valence-electron chi connectivity index (χ1n) is 19.5. The molecule has 5 aliphatic rings. The lowest BCUT2D eigenvalue weighted by Gasteiger charge is -2.51. The van der Waals surface area contributed by atoms with Gasteiger partial charge >= 0.3 is 0 Å². The Morgan fingerprint density at radius 1 is 0.780 bits per heavy atom. The van der Waals surface area contributed by atoms with Crippen molar-refractivity contribution in [3.63, 3.8) is 0 Å². The molecule has 4 amide bonds. The Hall–Kier alpha value is -6.72. The summed E-state index contributed by atoms with van der Waals surface area (Å²) in [6.07, 6.45) is 4.20. The van der Waals surface area contributed by atoms with Crippen LogP contribution in [0, 0.1) is 35.4 Å². The normalized spacial score (nSPS) is 25.6. The summed E-state index contributed by atoms with van der Waals surface area (Å²) in [6.45, 7) is 0. The van der Waals surface area contributed by atoms with Crippen molar-refractivity contribution in [3.05, 3.63) is 167 Å². The topological polar surface area (TPSA) is 128 Å². The molecule has 294 valence electrons. The number of nitrogens with zero attached hydrogens (tertiary/aromatic N) is 2. The highest BCUT2D eigenvalue weighted by Gasteiger charge is 2.70. The van der Waals surface area contributed by atoms with E-state index in [1.54, 1.807) is 54.8 Å². The number of hydrogen-bond donors (Lipinski definition) is 3. The van der Waals surface area contributed by atoms with Gasteiger partial charge in [-0.2, -0.15) is 5.01 Å². The third-order valence-corrected chi connectivity index (χ3v) is 12.8. The first-order valence-corrected chi connectivity index (χ1v) is 19.8. The minimum absolute atomic E-state index is 0.0426. The molecule has 3 N–H and O–H groups in total. The van der Waals surface area contributed by atoms with Crippen molar-refractivity contribution >= 4 is 58.0 Å². The number of nitrogens with one attached hydrogen (secondary N) is 2. The van der Waals surface area contributed by atoms with Crippen molar-refractivity contribution in [1.29, 1.82) is 0 Å². The predicted molar refractivity (Wildman–Crippen MR) is 219 cm³/mol. The Balaban J connectivity index is 1.08. The number of ether oxygens (including phenoxy) is 1. The molecule has 0 spiro atoms. The van der Waals surface area contributed by atoms with Gasteiger partial charge in [-0.15, -0.1) is 0 Å². The van der Waals surface area contributed by atoms with Crippen LogP contribution < -0.4 is 20.4 Å². The largest absolute Gasteiger partial charge is 0.508 e. The fourth-order valence-corrected chi connectivity index (χ4v) is 10.2. The van der Waals surface area contributed by atoms with Crippen molar-refractivity contribution in [1.82, 2.24) is 5.01 Å². The van der Waals surface area contributed by atoms with E-state index in [0.29, 0.717) is 38.8 Å². The molecule has 0 unspecified atom stereocenters. The summed E-state index contributed by atoms with van der Waals surface area (Å²) in [5, 5.41) is 15.3. The maximum atomic E-state index is 15.4. The number of carbonyl (C=O) groups excluding carboxylic acids is 4. The van der Waals surface area contributed by atoms with Crippen molar-refractivity contribution in [2.45, 2.75) is 24.7 Å². The number of benzene rings is 5. The van der Waals surface area contributed by atoms with Gasteiger partial charge in [-0.05, 0) is 121 Å². The maximum absolute atomic E-state index is 15.4. The highest BCUT2D eigenvalue weighted by atomic mass is 35.5. The number of aromatic hydroxyl groups is 1. The van der Waals surface area contributed by atoms with Crippen molar-refractivity contribution in [2.24, 2.45) is 29.6 Å². The van der Waals surface area contributed by atoms with Gasteiger partial charge in [0.15, 0.2) is 0 Å². The van der Waals surface area contributed by atoms with Crippen LogP contribution in [-0.4, -0.2) is 33.7 Å². The molecule has 0 aromatic heterocycles. The molecule has 5 aromatic rings. The van der Waals surface area contributed by atoms with Crippen LogP contribution in [0.15, 0.2) is 145 Å². The molecule has 10 rings (SSSR count). The van der Waals surface area contributed by atoms with Crippen molar-refractivity contribution in [3.8, 4) is 11.5 Å². The summed E-state index contributed by atoms with van der Waals surface area (Å²) >= 11 is 6.42. The van der Waals surface area contributed by atoms with Crippen LogP contribution in [0.25, 0.3) is 0 Å². The minimum Gasteiger partial charge on any atom is -0.508 e. The van der Waals surface area contributed by atoms with E-state index >= 15 is 4.79 Å². The van der Waals surface area contributed by atoms with E-state index in [0.717, 1.165) is 22.0 Å². The number of phenols is 1. The van der Waals surface area contributed by atoms with E-state index in [-0.39, 0.29) is 36.8 Å². The molecule has 6 atom stereocenters. The quantitative estimate of drug-likeness (QED) is 0.110. The zero-order chi connectivity index (χ0) is 40.6. The smallest absolute Gasteiger partial charge is 0.260 e. The fourth-order valence-electron chi connectivity index (χ4n) is 10.1. The van der Waals surface area contributed by atoms with E-state index in [1.165, 1.54) is 35.2 Å². The Kier molecular flexibility index (Phi) is 8.68. The molecule has 1 saturated carbocycles. The second-order valence-corrected chi connectivity index (χ2v) is 16.1. The molecular formula is C47H36ClFN4O6. The van der Waals surface area contributed by atoms with Crippen LogP contribution in [0.5, 0.6) is 11.5 Å². The number of para-hydroxylation sites is 1. The molecule has 3 aliphatic heterocycles. The third-order valence-electron chi connectivity index (χ3n) is 12.6. The number of fused-ring (bicyclic) bond motifs is 5. The monoisotopic (exact) mass is 806 g/mol. The molecule has 3 heterocycles. The van der Waals surface area contributed by atoms with Crippen LogP contribution >= 0.6 is 11.6 Å². The number of halogens is 2. The molecule has 12 heteroatoms. The van der Waals surface area contributed by atoms with Crippen molar-refractivity contribution in [2.75, 3.05) is 15.6 Å². The van der Waals surface area contributed by atoms with E-state index in [2.05, 4.69) is 10.7 Å². The van der Waals surface area contributed by atoms with Gasteiger partial charge in [0.1, 0.15) is 17.3 Å². The zero-order valence-electron chi connectivity index (χ0n) is 31.3. The van der Waals surface area contributed by atoms with Crippen LogP contribution in [0.4, 0.5) is 27.1 Å². The lowest BCUT2D eigenvalue weighted by Crippen LogP contribution is -2.55. The predicted octanol–water partition coefficient (Wildman–Crippen LogP) is 8.47. The van der Waals surface area contributed by atoms with Crippen LogP contribution in [0.3, 0.4) is 0 Å². The van der Waals surface area contributed by atoms with Crippen LogP contribution in [0.2, 0.25) is 5.02 Å². The number of amides is 4. The van der Waals surface area contributed by atoms with Gasteiger partial charge in [-0.3, -0.25) is 29.5 Å². The summed E-state index contributed by atoms with van der Waals surface area (Å²) in [7, 11) is 0. The molecular weight excluding hydrogens is 771 g/mol. The Morgan fingerprint density at radius 2 is 1.49 bits per heavy atom. The summed E-state index contributed by atoms with van der Waals surface area (Å²) in [6, 6.07) is 33.8. The number of hydrazine groups is 1. The van der Waals surface area contributed by atoms with Gasteiger partial charge in [0, 0.05) is 34.3 Å². The van der Waals surface area contributed by atoms with Gasteiger partial charge in [0.25, 0.3) is 11.8 Å². The molecule has 3 fully saturated rings. The number of phenolic OH excluding ortho intramolecular Hbond substituents is 1. The minimum atomic E-state index is -1.56. The second-order valence-electron chi connectivity index (χ2n) is 15.7. The average molecular weight is 807 g/mol. The van der Waals surface area contributed by atoms with Gasteiger partial charge in [-0.1, -0.05) is 53.6 Å². The van der Waals surface area contributed by atoms with E-state index in [4.69, 9.17) is 16.3 Å². The lowest BCUT2D eigenvalue weighted by molar-refractivity contribution is -0.139. The average Bonchev–Trinajstić information content (AvgIpc) is 3.62. The van der Waals surface area contributed by atoms with E-state index in [1.807, 2.05) is 48.5 Å². The fraction of sp³-hybridized carbons (Fsp3) is 0.191. The zero-order valence-corrected chi connectivity index (χ0v) is 32.1. The van der Waals surface area contributed by atoms with E-state index < -0.39 is 52.6 Å². The SMILES string of the molecule is O=C1[C@@H]2C[C@@H]3C(=CC[C@@H]4C(=O)N(c5ccc(Nc6ccccc6)cc5)C(=O)[C@@H]43)[C@H](C3=COc4ccc(O)cc4C3)[C@]2(c2ccc(Cl)cc2)C(=O)N1Nc1ccc(F)cc1. The number of rotatable bonds is 7. The highest BCUT2D eigenvalue weighted by molar-refractivity contribution is 6.30. The number of hydrogen-bond acceptors (Lipinski definition) is 8. The second kappa shape index (κ2) is 14.0. The van der Waals surface area contributed by atoms with Crippen LogP contribution in [-0.2, 0) is 31.0 Å². The number of carbonyl (C=O) groups is 4. The van der Waals surface area contributed by atoms with E-state index in [9.17, 15) is 23.9 Å². The molecule has 0 bridgehead atoms. The maximum Gasteiger partial charge on any atom is 0.260 e. The van der Waals surface area contributed by atoms with Gasteiger partial charge in [0.2, 0.25) is 11.8 Å². The number of allylic oxidation sites excluding steroid dienone is 3. The summed E-state index contributed by atoms with van der Waals surface area (Å²) in [4.78, 5) is 60.8.